The summed E-state index contributed by atoms with van der Waals surface area (Å²) in [6, 6.07) is 5.80. The van der Waals surface area contributed by atoms with Gasteiger partial charge in [-0.15, -0.1) is 0 Å². The third-order valence-electron chi connectivity index (χ3n) is 6.40. The molecule has 3 aromatic rings. The Hall–Kier alpha value is -3.67. The Morgan fingerprint density at radius 3 is 2.72 bits per heavy atom. The van der Waals surface area contributed by atoms with Crippen molar-refractivity contribution in [1.82, 2.24) is 14.8 Å². The van der Waals surface area contributed by atoms with Gasteiger partial charge in [0.05, 0.1) is 17.3 Å². The highest BCUT2D eigenvalue weighted by Crippen LogP contribution is 2.34. The molecule has 36 heavy (non-hydrogen) atoms. The van der Waals surface area contributed by atoms with Gasteiger partial charge in [-0.05, 0) is 56.5 Å². The number of aromatic nitrogens is 3. The number of carbonyl (C=O) groups excluding carboxylic acids is 2. The van der Waals surface area contributed by atoms with Crippen LogP contribution in [0, 0.1) is 6.92 Å². The number of aryl methyl sites for hydroxylation is 1. The van der Waals surface area contributed by atoms with E-state index in [0.29, 0.717) is 12.3 Å². The van der Waals surface area contributed by atoms with Crippen molar-refractivity contribution in [3.05, 3.63) is 47.8 Å². The third kappa shape index (κ3) is 4.36. The fourth-order valence-corrected chi connectivity index (χ4v) is 4.53. The zero-order valence-electron chi connectivity index (χ0n) is 19.7. The van der Waals surface area contributed by atoms with Gasteiger partial charge >= 0.3 is 12.3 Å². The van der Waals surface area contributed by atoms with E-state index in [9.17, 15) is 22.8 Å². The molecule has 2 amide bonds. The number of nitrogens with zero attached hydrogens (tertiary/aromatic N) is 5. The zero-order valence-corrected chi connectivity index (χ0v) is 19.7. The van der Waals surface area contributed by atoms with Gasteiger partial charge in [-0.25, -0.2) is 19.4 Å². The summed E-state index contributed by atoms with van der Waals surface area (Å²) in [6.07, 6.45) is -1.19. The number of hydrogen-bond donors (Lipinski definition) is 0. The molecule has 2 aliphatic heterocycles. The molecule has 2 unspecified atom stereocenters. The van der Waals surface area contributed by atoms with Crippen LogP contribution in [0.2, 0.25) is 0 Å². The van der Waals surface area contributed by atoms with Crippen LogP contribution in [0.25, 0.3) is 10.9 Å². The Bertz CT molecular complexity index is 1320. The van der Waals surface area contributed by atoms with Gasteiger partial charge in [0, 0.05) is 30.4 Å². The molecule has 5 rings (SSSR count). The topological polar surface area (TPSA) is 89.8 Å². The first kappa shape index (κ1) is 24.0. The number of anilines is 2. The molecule has 2 aromatic heterocycles. The summed E-state index contributed by atoms with van der Waals surface area (Å²) in [5.41, 5.74) is 0.401. The number of likely N-dealkylation sites (N-methyl/N-ethyl adjacent to an activating group) is 1. The number of ether oxygens (including phenoxy) is 2. The van der Waals surface area contributed by atoms with E-state index in [1.165, 1.54) is 18.9 Å². The van der Waals surface area contributed by atoms with E-state index in [-0.39, 0.29) is 24.3 Å². The number of amides is 2. The highest BCUT2D eigenvalue weighted by molar-refractivity contribution is 6.06. The minimum atomic E-state index is -4.64. The SMILES string of the molecule is Cc1cc(C(F)(F)F)cc(N2C(=O)OCC2C(=O)N(C)c2ccc3cnn(C4CCCCO4)c3c2)n1. The fraction of sp³-hybridized carbons (Fsp3) is 0.417. The number of alkyl halides is 3. The average Bonchev–Trinajstić information content (AvgIpc) is 3.45. The van der Waals surface area contributed by atoms with Gasteiger partial charge in [-0.2, -0.15) is 18.3 Å². The van der Waals surface area contributed by atoms with E-state index in [0.717, 1.165) is 47.2 Å². The van der Waals surface area contributed by atoms with Crippen molar-refractivity contribution in [3.63, 3.8) is 0 Å². The van der Waals surface area contributed by atoms with Crippen molar-refractivity contribution >= 4 is 34.4 Å². The molecule has 2 atom stereocenters. The highest BCUT2D eigenvalue weighted by atomic mass is 19.4. The van der Waals surface area contributed by atoms with E-state index < -0.39 is 29.8 Å². The lowest BCUT2D eigenvalue weighted by Gasteiger charge is -2.26. The third-order valence-corrected chi connectivity index (χ3v) is 6.40. The molecule has 0 radical (unpaired) electrons. The maximum absolute atomic E-state index is 13.5. The summed E-state index contributed by atoms with van der Waals surface area (Å²) in [7, 11) is 1.53. The van der Waals surface area contributed by atoms with Gasteiger partial charge in [-0.1, -0.05) is 0 Å². The number of carbonyl (C=O) groups is 2. The Morgan fingerprint density at radius 1 is 1.19 bits per heavy atom. The lowest BCUT2D eigenvalue weighted by atomic mass is 10.1. The summed E-state index contributed by atoms with van der Waals surface area (Å²) >= 11 is 0. The summed E-state index contributed by atoms with van der Waals surface area (Å²) < 4.78 is 52.7. The number of cyclic esters (lactones) is 1. The van der Waals surface area contributed by atoms with Gasteiger partial charge in [0.2, 0.25) is 0 Å². The van der Waals surface area contributed by atoms with Crippen molar-refractivity contribution in [2.24, 2.45) is 0 Å². The van der Waals surface area contributed by atoms with Crippen LogP contribution in [0.15, 0.2) is 36.5 Å². The second-order valence-electron chi connectivity index (χ2n) is 8.87. The van der Waals surface area contributed by atoms with Crippen molar-refractivity contribution in [2.75, 3.05) is 30.1 Å². The van der Waals surface area contributed by atoms with Gasteiger partial charge in [-0.3, -0.25) is 4.79 Å². The van der Waals surface area contributed by atoms with E-state index in [2.05, 4.69) is 10.1 Å². The lowest BCUT2D eigenvalue weighted by Crippen LogP contribution is -2.47. The van der Waals surface area contributed by atoms with Crippen LogP contribution < -0.4 is 9.80 Å². The molecule has 1 aromatic carbocycles. The van der Waals surface area contributed by atoms with Crippen molar-refractivity contribution < 1.29 is 32.2 Å². The van der Waals surface area contributed by atoms with Gasteiger partial charge in [0.15, 0.2) is 12.3 Å². The van der Waals surface area contributed by atoms with Crippen LogP contribution in [-0.4, -0.2) is 53.1 Å². The van der Waals surface area contributed by atoms with E-state index in [4.69, 9.17) is 9.47 Å². The van der Waals surface area contributed by atoms with Crippen LogP contribution >= 0.6 is 0 Å². The summed E-state index contributed by atoms with van der Waals surface area (Å²) in [6.45, 7) is 1.73. The van der Waals surface area contributed by atoms with E-state index in [1.54, 1.807) is 23.0 Å². The molecular formula is C24H24F3N5O4. The standard InChI is InChI=1S/C24H24F3N5O4/c1-14-9-16(24(25,26)27)10-20(29-14)31-19(13-36-23(31)34)22(33)30(2)17-7-6-15-12-28-32(18(15)11-17)21-5-3-4-8-35-21/h6-7,9-12,19,21H,3-5,8,13H2,1-2H3. The molecule has 2 fully saturated rings. The predicted octanol–water partition coefficient (Wildman–Crippen LogP) is 4.45. The quantitative estimate of drug-likeness (QED) is 0.523. The fourth-order valence-electron chi connectivity index (χ4n) is 4.53. The van der Waals surface area contributed by atoms with Crippen molar-refractivity contribution in [2.45, 2.75) is 44.6 Å². The van der Waals surface area contributed by atoms with E-state index >= 15 is 0 Å². The Morgan fingerprint density at radius 2 is 2.00 bits per heavy atom. The molecule has 9 nitrogen and oxygen atoms in total. The predicted molar refractivity (Wildman–Crippen MR) is 124 cm³/mol. The van der Waals surface area contributed by atoms with Crippen molar-refractivity contribution in [3.8, 4) is 0 Å². The van der Waals surface area contributed by atoms with Gasteiger partial charge in [0.25, 0.3) is 5.91 Å². The van der Waals surface area contributed by atoms with Gasteiger partial charge in [0.1, 0.15) is 12.4 Å². The number of benzene rings is 1. The Kier molecular flexibility index (Phi) is 6.07. The molecule has 12 heteroatoms. The first-order valence-corrected chi connectivity index (χ1v) is 11.5. The molecule has 2 aliphatic rings. The second kappa shape index (κ2) is 9.08. The van der Waals surface area contributed by atoms with E-state index in [1.807, 2.05) is 6.07 Å². The largest absolute Gasteiger partial charge is 0.446 e. The van der Waals surface area contributed by atoms with Crippen LogP contribution in [0.3, 0.4) is 0 Å². The molecule has 0 N–H and O–H groups in total. The molecule has 4 heterocycles. The summed E-state index contributed by atoms with van der Waals surface area (Å²) in [5, 5.41) is 5.33. The molecule has 190 valence electrons. The minimum Gasteiger partial charge on any atom is -0.446 e. The minimum absolute atomic E-state index is 0.0581. The molecule has 0 saturated carbocycles. The molecule has 0 spiro atoms. The van der Waals surface area contributed by atoms with Crippen LogP contribution in [0.5, 0.6) is 0 Å². The Labute approximate surface area is 204 Å². The zero-order chi connectivity index (χ0) is 25.6. The summed E-state index contributed by atoms with van der Waals surface area (Å²) in [4.78, 5) is 32.2. The number of fused-ring (bicyclic) bond motifs is 1. The van der Waals surface area contributed by atoms with Crippen LogP contribution in [0.4, 0.5) is 29.5 Å². The van der Waals surface area contributed by atoms with Gasteiger partial charge < -0.3 is 14.4 Å². The monoisotopic (exact) mass is 503 g/mol. The molecule has 2 saturated heterocycles. The van der Waals surface area contributed by atoms with Crippen LogP contribution in [0.1, 0.15) is 36.7 Å². The number of pyridine rings is 1. The van der Waals surface area contributed by atoms with Crippen molar-refractivity contribution in [1.29, 1.82) is 0 Å². The number of hydrogen-bond acceptors (Lipinski definition) is 6. The normalized spacial score (nSPS) is 20.6. The first-order valence-electron chi connectivity index (χ1n) is 11.5. The maximum Gasteiger partial charge on any atom is 0.416 e. The Balaban J connectivity index is 1.44. The lowest BCUT2D eigenvalue weighted by molar-refractivity contribution is -0.137. The van der Waals surface area contributed by atoms with Crippen LogP contribution in [-0.2, 0) is 20.4 Å². The molecular weight excluding hydrogens is 479 g/mol. The highest BCUT2D eigenvalue weighted by Gasteiger charge is 2.43. The summed E-state index contributed by atoms with van der Waals surface area (Å²) in [5.74, 6) is -0.823. The average molecular weight is 503 g/mol. The smallest absolute Gasteiger partial charge is 0.416 e. The molecule has 0 bridgehead atoms. The second-order valence-corrected chi connectivity index (χ2v) is 8.87. The number of rotatable bonds is 4. The molecule has 0 aliphatic carbocycles. The first-order chi connectivity index (χ1) is 17.1. The number of halogens is 3. The maximum atomic E-state index is 13.5.